The van der Waals surface area contributed by atoms with Gasteiger partial charge in [0.2, 0.25) is 10.0 Å². The smallest absolute Gasteiger partial charge is 0.345 e. The van der Waals surface area contributed by atoms with Crippen LogP contribution in [0.25, 0.3) is 0 Å². The van der Waals surface area contributed by atoms with E-state index in [1.165, 1.54) is 27.1 Å². The van der Waals surface area contributed by atoms with E-state index in [0.29, 0.717) is 13.1 Å². The fraction of sp³-hybridized carbons (Fsp3) is 0.250. The minimum atomic E-state index is -3.65. The molecule has 0 unspecified atom stereocenters. The van der Waals surface area contributed by atoms with Crippen LogP contribution in [0.15, 0.2) is 33.9 Å². The first-order valence-corrected chi connectivity index (χ1v) is 8.99. The number of carboxylic acid groups (broad SMARTS) is 1. The van der Waals surface area contributed by atoms with E-state index in [1.807, 2.05) is 17.5 Å². The Morgan fingerprint density at radius 3 is 2.65 bits per heavy atom. The highest BCUT2D eigenvalue weighted by Crippen LogP contribution is 2.24. The van der Waals surface area contributed by atoms with Gasteiger partial charge in [-0.15, -0.1) is 22.7 Å². The van der Waals surface area contributed by atoms with Crippen molar-refractivity contribution >= 4 is 38.7 Å². The lowest BCUT2D eigenvalue weighted by molar-refractivity contribution is 0.0702. The Morgan fingerprint density at radius 1 is 1.40 bits per heavy atom. The zero-order valence-corrected chi connectivity index (χ0v) is 13.1. The summed E-state index contributed by atoms with van der Waals surface area (Å²) in [6.45, 7) is 2.39. The van der Waals surface area contributed by atoms with E-state index < -0.39 is 16.0 Å². The Balaban J connectivity index is 2.28. The van der Waals surface area contributed by atoms with Crippen LogP contribution in [0.4, 0.5) is 0 Å². The summed E-state index contributed by atoms with van der Waals surface area (Å²) in [5.41, 5.74) is 0. The van der Waals surface area contributed by atoms with E-state index in [4.69, 9.17) is 5.11 Å². The molecule has 0 aliphatic carbocycles. The van der Waals surface area contributed by atoms with Crippen LogP contribution in [0.1, 0.15) is 21.5 Å². The SMILES string of the molecule is CCN(Cc1cccs1)S(=O)(=O)c1csc(C(=O)O)c1. The monoisotopic (exact) mass is 331 g/mol. The molecule has 0 radical (unpaired) electrons. The molecule has 0 aliphatic heterocycles. The van der Waals surface area contributed by atoms with Crippen molar-refractivity contribution in [3.63, 3.8) is 0 Å². The Kier molecular flexibility index (Phi) is 4.59. The third-order valence-electron chi connectivity index (χ3n) is 2.69. The molecule has 108 valence electrons. The van der Waals surface area contributed by atoms with Crippen molar-refractivity contribution in [1.82, 2.24) is 4.31 Å². The molecule has 5 nitrogen and oxygen atoms in total. The number of carbonyl (C=O) groups is 1. The average molecular weight is 331 g/mol. The molecule has 1 N–H and O–H groups in total. The second kappa shape index (κ2) is 6.04. The van der Waals surface area contributed by atoms with Gasteiger partial charge in [0.25, 0.3) is 0 Å². The van der Waals surface area contributed by atoms with Crippen molar-refractivity contribution in [1.29, 1.82) is 0 Å². The summed E-state index contributed by atoms with van der Waals surface area (Å²) in [5, 5.41) is 12.1. The summed E-state index contributed by atoms with van der Waals surface area (Å²) in [4.78, 5) is 11.9. The molecule has 20 heavy (non-hydrogen) atoms. The first-order chi connectivity index (χ1) is 9.45. The second-order valence-corrected chi connectivity index (χ2v) is 7.84. The number of sulfonamides is 1. The third-order valence-corrected chi connectivity index (χ3v) is 6.52. The molecule has 2 aromatic rings. The predicted octanol–water partition coefficient (Wildman–Crippen LogP) is 2.72. The lowest BCUT2D eigenvalue weighted by Crippen LogP contribution is -2.29. The van der Waals surface area contributed by atoms with E-state index in [1.54, 1.807) is 6.92 Å². The Labute approximate surface area is 125 Å². The van der Waals surface area contributed by atoms with Gasteiger partial charge in [0.1, 0.15) is 4.88 Å². The minimum Gasteiger partial charge on any atom is -0.477 e. The summed E-state index contributed by atoms with van der Waals surface area (Å²) in [6, 6.07) is 4.95. The molecule has 8 heteroatoms. The summed E-state index contributed by atoms with van der Waals surface area (Å²) < 4.78 is 26.3. The van der Waals surface area contributed by atoms with Gasteiger partial charge in [-0.25, -0.2) is 13.2 Å². The van der Waals surface area contributed by atoms with Crippen LogP contribution in [0.5, 0.6) is 0 Å². The minimum absolute atomic E-state index is 0.0238. The molecule has 0 aliphatic rings. The molecule has 0 atom stereocenters. The van der Waals surface area contributed by atoms with Crippen LogP contribution in [-0.4, -0.2) is 30.3 Å². The first kappa shape index (κ1) is 15.2. The topological polar surface area (TPSA) is 74.7 Å². The lowest BCUT2D eigenvalue weighted by atomic mass is 10.4. The normalized spacial score (nSPS) is 11.9. The molecule has 0 bridgehead atoms. The first-order valence-electron chi connectivity index (χ1n) is 5.79. The maximum atomic E-state index is 12.5. The van der Waals surface area contributed by atoms with Crippen LogP contribution in [0.2, 0.25) is 0 Å². The number of thiophene rings is 2. The molecular weight excluding hydrogens is 318 g/mol. The summed E-state index contributed by atoms with van der Waals surface area (Å²) in [7, 11) is -3.65. The van der Waals surface area contributed by atoms with Crippen molar-refractivity contribution in [3.8, 4) is 0 Å². The van der Waals surface area contributed by atoms with Crippen LogP contribution in [-0.2, 0) is 16.6 Å². The number of nitrogens with zero attached hydrogens (tertiary/aromatic N) is 1. The van der Waals surface area contributed by atoms with Gasteiger partial charge in [-0.3, -0.25) is 0 Å². The highest BCUT2D eigenvalue weighted by atomic mass is 32.2. The number of hydrogen-bond acceptors (Lipinski definition) is 5. The van der Waals surface area contributed by atoms with Gasteiger partial charge in [-0.05, 0) is 17.5 Å². The van der Waals surface area contributed by atoms with Gasteiger partial charge in [-0.1, -0.05) is 13.0 Å². The Bertz CT molecular complexity index is 688. The summed E-state index contributed by atoms with van der Waals surface area (Å²) in [6.07, 6.45) is 0. The van der Waals surface area contributed by atoms with Gasteiger partial charge >= 0.3 is 5.97 Å². The highest BCUT2D eigenvalue weighted by molar-refractivity contribution is 7.89. The van der Waals surface area contributed by atoms with E-state index in [0.717, 1.165) is 16.2 Å². The molecule has 2 heterocycles. The predicted molar refractivity (Wildman–Crippen MR) is 78.9 cm³/mol. The second-order valence-electron chi connectivity index (χ2n) is 3.96. The van der Waals surface area contributed by atoms with Crippen LogP contribution < -0.4 is 0 Å². The molecule has 0 spiro atoms. The maximum absolute atomic E-state index is 12.5. The van der Waals surface area contributed by atoms with Crippen molar-refractivity contribution < 1.29 is 18.3 Å². The van der Waals surface area contributed by atoms with Gasteiger partial charge in [0.15, 0.2) is 0 Å². The molecule has 0 aromatic carbocycles. The number of rotatable bonds is 6. The van der Waals surface area contributed by atoms with E-state index >= 15 is 0 Å². The van der Waals surface area contributed by atoms with E-state index in [-0.39, 0.29) is 9.77 Å². The fourth-order valence-corrected chi connectivity index (χ4v) is 4.99. The molecule has 0 fully saturated rings. The standard InChI is InChI=1S/C12H13NO4S3/c1-2-13(7-9-4-3-5-18-9)20(16,17)10-6-11(12(14)15)19-8-10/h3-6,8H,2,7H2,1H3,(H,14,15). The number of aromatic carboxylic acids is 1. The highest BCUT2D eigenvalue weighted by Gasteiger charge is 2.25. The molecule has 2 rings (SSSR count). The number of carboxylic acids is 1. The third kappa shape index (κ3) is 3.09. The average Bonchev–Trinajstić information content (AvgIpc) is 3.06. The Morgan fingerprint density at radius 2 is 2.15 bits per heavy atom. The van der Waals surface area contributed by atoms with Crippen LogP contribution in [0, 0.1) is 0 Å². The largest absolute Gasteiger partial charge is 0.477 e. The van der Waals surface area contributed by atoms with Gasteiger partial charge in [0.05, 0.1) is 4.90 Å². The molecule has 2 aromatic heterocycles. The fourth-order valence-electron chi connectivity index (χ4n) is 1.66. The zero-order valence-electron chi connectivity index (χ0n) is 10.6. The van der Waals surface area contributed by atoms with Gasteiger partial charge in [-0.2, -0.15) is 4.31 Å². The van der Waals surface area contributed by atoms with E-state index in [2.05, 4.69) is 0 Å². The van der Waals surface area contributed by atoms with Crippen molar-refractivity contribution in [3.05, 3.63) is 38.7 Å². The van der Waals surface area contributed by atoms with Crippen LogP contribution >= 0.6 is 22.7 Å². The van der Waals surface area contributed by atoms with Crippen LogP contribution in [0.3, 0.4) is 0 Å². The molecular formula is C12H13NO4S3. The van der Waals surface area contributed by atoms with Gasteiger partial charge < -0.3 is 5.11 Å². The zero-order chi connectivity index (χ0) is 14.8. The van der Waals surface area contributed by atoms with E-state index in [9.17, 15) is 13.2 Å². The quantitative estimate of drug-likeness (QED) is 0.883. The van der Waals surface area contributed by atoms with Crippen molar-refractivity contribution in [2.45, 2.75) is 18.4 Å². The molecule has 0 saturated carbocycles. The maximum Gasteiger partial charge on any atom is 0.345 e. The van der Waals surface area contributed by atoms with Crippen molar-refractivity contribution in [2.75, 3.05) is 6.54 Å². The molecule has 0 amide bonds. The Hall–Kier alpha value is -1.22. The lowest BCUT2D eigenvalue weighted by Gasteiger charge is -2.18. The number of hydrogen-bond donors (Lipinski definition) is 1. The van der Waals surface area contributed by atoms with Crippen molar-refractivity contribution in [2.24, 2.45) is 0 Å². The summed E-state index contributed by atoms with van der Waals surface area (Å²) >= 11 is 2.41. The summed E-state index contributed by atoms with van der Waals surface area (Å²) in [5.74, 6) is -1.11. The molecule has 0 saturated heterocycles. The van der Waals surface area contributed by atoms with Gasteiger partial charge in [0, 0.05) is 23.3 Å².